The number of rotatable bonds is 4. The summed E-state index contributed by atoms with van der Waals surface area (Å²) < 4.78 is 10.8. The minimum Gasteiger partial charge on any atom is -0.439 e. The minimum absolute atomic E-state index is 0.478. The van der Waals surface area contributed by atoms with Gasteiger partial charge in [-0.2, -0.15) is 0 Å². The van der Waals surface area contributed by atoms with Crippen LogP contribution in [0.5, 0.6) is 17.4 Å². The molecule has 0 aliphatic rings. The Hall–Kier alpha value is -3.34. The number of anilines is 1. The van der Waals surface area contributed by atoms with Crippen LogP contribution in [0.4, 0.5) is 10.5 Å². The summed E-state index contributed by atoms with van der Waals surface area (Å²) in [6, 6.07) is 21.3. The van der Waals surface area contributed by atoms with Crippen LogP contribution in [0, 0.1) is 0 Å². The normalized spacial score (nSPS) is 9.91. The Morgan fingerprint density at radius 2 is 1.65 bits per heavy atom. The highest BCUT2D eigenvalue weighted by Crippen LogP contribution is 2.22. The molecule has 23 heavy (non-hydrogen) atoms. The first-order valence-electron chi connectivity index (χ1n) is 7.02. The number of para-hydroxylation sites is 1. The van der Waals surface area contributed by atoms with Gasteiger partial charge < -0.3 is 9.47 Å². The smallest absolute Gasteiger partial charge is 0.417 e. The van der Waals surface area contributed by atoms with Gasteiger partial charge in [0, 0.05) is 24.0 Å². The van der Waals surface area contributed by atoms with Gasteiger partial charge in [-0.3, -0.25) is 5.32 Å². The molecule has 1 N–H and O–H groups in total. The topological polar surface area (TPSA) is 60.5 Å². The lowest BCUT2D eigenvalue weighted by atomic mass is 10.3. The summed E-state index contributed by atoms with van der Waals surface area (Å²) in [5.74, 6) is 1.53. The van der Waals surface area contributed by atoms with Gasteiger partial charge >= 0.3 is 6.09 Å². The third-order valence-corrected chi connectivity index (χ3v) is 2.89. The molecule has 0 fully saturated rings. The monoisotopic (exact) mass is 306 g/mol. The molecule has 0 spiro atoms. The number of amides is 1. The zero-order valence-corrected chi connectivity index (χ0v) is 12.2. The molecule has 1 heterocycles. The molecule has 3 rings (SSSR count). The summed E-state index contributed by atoms with van der Waals surface area (Å²) in [6.07, 6.45) is 1.08. The fraction of sp³-hybridized carbons (Fsp3) is 0. The Morgan fingerprint density at radius 1 is 0.870 bits per heavy atom. The van der Waals surface area contributed by atoms with Crippen molar-refractivity contribution in [3.63, 3.8) is 0 Å². The molecule has 0 bridgehead atoms. The highest BCUT2D eigenvalue weighted by molar-refractivity contribution is 5.86. The van der Waals surface area contributed by atoms with E-state index in [0.717, 1.165) is 0 Å². The van der Waals surface area contributed by atoms with Crippen LogP contribution < -0.4 is 14.8 Å². The quantitative estimate of drug-likeness (QED) is 0.771. The maximum Gasteiger partial charge on any atom is 0.417 e. The molecule has 2 aromatic carbocycles. The van der Waals surface area contributed by atoms with Crippen molar-refractivity contribution in [2.45, 2.75) is 0 Å². The summed E-state index contributed by atoms with van der Waals surface area (Å²) in [5, 5.41) is 2.66. The van der Waals surface area contributed by atoms with Gasteiger partial charge in [0.15, 0.2) is 0 Å². The van der Waals surface area contributed by atoms with Crippen molar-refractivity contribution in [2.24, 2.45) is 0 Å². The van der Waals surface area contributed by atoms with Crippen LogP contribution >= 0.6 is 0 Å². The van der Waals surface area contributed by atoms with Gasteiger partial charge in [0.1, 0.15) is 11.5 Å². The molecule has 0 aliphatic heterocycles. The maximum absolute atomic E-state index is 11.9. The molecule has 114 valence electrons. The van der Waals surface area contributed by atoms with Gasteiger partial charge in [0.2, 0.25) is 5.88 Å². The van der Waals surface area contributed by atoms with Crippen molar-refractivity contribution in [3.8, 4) is 17.4 Å². The summed E-state index contributed by atoms with van der Waals surface area (Å²) in [6.45, 7) is 0. The Kier molecular flexibility index (Phi) is 4.49. The molecular formula is C18H14N2O3. The van der Waals surface area contributed by atoms with Crippen LogP contribution in [-0.4, -0.2) is 11.1 Å². The van der Waals surface area contributed by atoms with Crippen LogP contribution in [0.25, 0.3) is 0 Å². The van der Waals surface area contributed by atoms with Crippen LogP contribution in [-0.2, 0) is 0 Å². The van der Waals surface area contributed by atoms with Crippen molar-refractivity contribution >= 4 is 11.8 Å². The maximum atomic E-state index is 11.9. The van der Waals surface area contributed by atoms with Crippen LogP contribution in [0.1, 0.15) is 0 Å². The third kappa shape index (κ3) is 4.31. The van der Waals surface area contributed by atoms with Gasteiger partial charge in [-0.05, 0) is 30.3 Å². The van der Waals surface area contributed by atoms with E-state index in [2.05, 4.69) is 10.3 Å². The zero-order valence-electron chi connectivity index (χ0n) is 12.2. The summed E-state index contributed by atoms with van der Waals surface area (Å²) in [5.41, 5.74) is 0.569. The lowest BCUT2D eigenvalue weighted by Crippen LogP contribution is -2.16. The molecule has 5 nitrogen and oxygen atoms in total. The summed E-state index contributed by atoms with van der Waals surface area (Å²) in [7, 11) is 0. The van der Waals surface area contributed by atoms with Gasteiger partial charge in [-0.25, -0.2) is 9.78 Å². The second-order valence-electron chi connectivity index (χ2n) is 4.63. The van der Waals surface area contributed by atoms with Gasteiger partial charge in [-0.1, -0.05) is 30.3 Å². The number of carbonyl (C=O) groups excluding carboxylic acids is 1. The van der Waals surface area contributed by atoms with Crippen LogP contribution in [0.3, 0.4) is 0 Å². The van der Waals surface area contributed by atoms with Crippen molar-refractivity contribution in [3.05, 3.63) is 79.0 Å². The number of nitrogens with one attached hydrogen (secondary N) is 1. The van der Waals surface area contributed by atoms with Crippen LogP contribution in [0.2, 0.25) is 0 Å². The highest BCUT2D eigenvalue weighted by Gasteiger charge is 2.06. The second-order valence-corrected chi connectivity index (χ2v) is 4.63. The van der Waals surface area contributed by atoms with E-state index in [0.29, 0.717) is 23.1 Å². The fourth-order valence-corrected chi connectivity index (χ4v) is 1.90. The highest BCUT2D eigenvalue weighted by atomic mass is 16.6. The lowest BCUT2D eigenvalue weighted by molar-refractivity contribution is 0.215. The molecule has 0 unspecified atom stereocenters. The molecule has 5 heteroatoms. The Bertz CT molecular complexity index is 777. The van der Waals surface area contributed by atoms with Gasteiger partial charge in [-0.15, -0.1) is 0 Å². The average Bonchev–Trinajstić information content (AvgIpc) is 2.57. The van der Waals surface area contributed by atoms with Crippen molar-refractivity contribution in [1.82, 2.24) is 4.98 Å². The number of hydrogen-bond acceptors (Lipinski definition) is 4. The van der Waals surface area contributed by atoms with Crippen molar-refractivity contribution < 1.29 is 14.3 Å². The van der Waals surface area contributed by atoms with E-state index in [1.807, 2.05) is 18.2 Å². The third-order valence-electron chi connectivity index (χ3n) is 2.89. The molecule has 0 aliphatic carbocycles. The van der Waals surface area contributed by atoms with E-state index in [-0.39, 0.29) is 0 Å². The molecule has 0 atom stereocenters. The fourth-order valence-electron chi connectivity index (χ4n) is 1.90. The first kappa shape index (κ1) is 14.6. The number of benzene rings is 2. The van der Waals surface area contributed by atoms with Crippen molar-refractivity contribution in [1.29, 1.82) is 0 Å². The first-order chi connectivity index (χ1) is 11.3. The molecular weight excluding hydrogens is 292 g/mol. The zero-order chi connectivity index (χ0) is 15.9. The van der Waals surface area contributed by atoms with E-state index in [1.165, 1.54) is 0 Å². The lowest BCUT2D eigenvalue weighted by Gasteiger charge is -2.08. The molecule has 1 amide bonds. The SMILES string of the molecule is O=C(Nc1cccc(Oc2ccccn2)c1)Oc1ccccc1. The summed E-state index contributed by atoms with van der Waals surface area (Å²) >= 11 is 0. The number of carbonyl (C=O) groups is 1. The second kappa shape index (κ2) is 7.09. The Balaban J connectivity index is 1.64. The average molecular weight is 306 g/mol. The largest absolute Gasteiger partial charge is 0.439 e. The Morgan fingerprint density at radius 3 is 2.43 bits per heavy atom. The van der Waals surface area contributed by atoms with E-state index in [1.54, 1.807) is 60.8 Å². The predicted octanol–water partition coefficient (Wildman–Crippen LogP) is 4.48. The Labute approximate surface area is 133 Å². The molecule has 0 saturated carbocycles. The number of aromatic nitrogens is 1. The minimum atomic E-state index is -0.564. The number of pyridine rings is 1. The summed E-state index contributed by atoms with van der Waals surface area (Å²) in [4.78, 5) is 16.0. The van der Waals surface area contributed by atoms with E-state index < -0.39 is 6.09 Å². The number of ether oxygens (including phenoxy) is 2. The molecule has 1 aromatic heterocycles. The van der Waals surface area contributed by atoms with E-state index >= 15 is 0 Å². The van der Waals surface area contributed by atoms with Crippen LogP contribution in [0.15, 0.2) is 79.0 Å². The molecule has 0 saturated heterocycles. The standard InChI is InChI=1S/C18H14N2O3/c21-18(23-15-8-2-1-3-9-15)20-14-7-6-10-16(13-14)22-17-11-4-5-12-19-17/h1-13H,(H,20,21). The molecule has 0 radical (unpaired) electrons. The molecule has 3 aromatic rings. The van der Waals surface area contributed by atoms with Gasteiger partial charge in [0.05, 0.1) is 0 Å². The first-order valence-corrected chi connectivity index (χ1v) is 7.02. The van der Waals surface area contributed by atoms with E-state index in [9.17, 15) is 4.79 Å². The predicted molar refractivity (Wildman–Crippen MR) is 86.8 cm³/mol. The van der Waals surface area contributed by atoms with Crippen molar-refractivity contribution in [2.75, 3.05) is 5.32 Å². The van der Waals surface area contributed by atoms with Gasteiger partial charge in [0.25, 0.3) is 0 Å². The van der Waals surface area contributed by atoms with E-state index in [4.69, 9.17) is 9.47 Å². The number of hydrogen-bond donors (Lipinski definition) is 1. The number of nitrogens with zero attached hydrogens (tertiary/aromatic N) is 1.